The number of imide groups is 1. The van der Waals surface area contributed by atoms with Gasteiger partial charge in [-0.3, -0.25) is 4.79 Å². The average Bonchev–Trinajstić information content (AvgIpc) is 2.70. The van der Waals surface area contributed by atoms with Crippen LogP contribution in [0.3, 0.4) is 0 Å². The minimum absolute atomic E-state index is 0.0394. The Morgan fingerprint density at radius 2 is 2.00 bits per heavy atom. The molecule has 0 aromatic rings. The molecule has 4 heteroatoms. The third-order valence-corrected chi connectivity index (χ3v) is 3.83. The number of rotatable bonds is 0. The molecule has 0 radical (unpaired) electrons. The summed E-state index contributed by atoms with van der Waals surface area (Å²) in [5.41, 5.74) is -0.546. The SMILES string of the molecule is CC(C)(C)OC(=O)N1C(=O)[C@H]2[C@H]1[C@H]1C=C[C@@H]2C1. The number of nitrogens with zero attached hydrogens (tertiary/aromatic N) is 1. The summed E-state index contributed by atoms with van der Waals surface area (Å²) in [6, 6.07) is 0.0624. The molecule has 1 aliphatic heterocycles. The monoisotopic (exact) mass is 235 g/mol. The van der Waals surface area contributed by atoms with E-state index in [1.807, 2.05) is 20.8 Å². The highest BCUT2D eigenvalue weighted by Gasteiger charge is 2.62. The summed E-state index contributed by atoms with van der Waals surface area (Å²) in [5, 5.41) is 0. The number of likely N-dealkylation sites (tertiary alicyclic amines) is 1. The van der Waals surface area contributed by atoms with Gasteiger partial charge >= 0.3 is 6.09 Å². The summed E-state index contributed by atoms with van der Waals surface area (Å²) in [4.78, 5) is 25.2. The van der Waals surface area contributed by atoms with E-state index >= 15 is 0 Å². The number of allylic oxidation sites excluding steroid dienone is 1. The van der Waals surface area contributed by atoms with Crippen molar-refractivity contribution in [1.29, 1.82) is 0 Å². The van der Waals surface area contributed by atoms with E-state index in [1.54, 1.807) is 0 Å². The molecule has 1 saturated heterocycles. The Hall–Kier alpha value is -1.32. The van der Waals surface area contributed by atoms with E-state index < -0.39 is 11.7 Å². The number of hydrogen-bond donors (Lipinski definition) is 0. The maximum Gasteiger partial charge on any atom is 0.417 e. The summed E-state index contributed by atoms with van der Waals surface area (Å²) in [6.07, 6.45) is 4.79. The molecular formula is C13H17NO3. The van der Waals surface area contributed by atoms with Crippen LogP contribution in [0, 0.1) is 17.8 Å². The molecule has 2 aliphatic carbocycles. The lowest BCUT2D eigenvalue weighted by Crippen LogP contribution is -2.65. The first-order valence-electron chi connectivity index (χ1n) is 6.13. The number of carbonyl (C=O) groups excluding carboxylic acids is 2. The Kier molecular flexibility index (Phi) is 1.98. The largest absolute Gasteiger partial charge is 0.443 e. The van der Waals surface area contributed by atoms with Crippen LogP contribution in [0.2, 0.25) is 0 Å². The highest BCUT2D eigenvalue weighted by molar-refractivity contribution is 6.00. The van der Waals surface area contributed by atoms with Crippen LogP contribution >= 0.6 is 0 Å². The molecule has 0 aromatic heterocycles. The van der Waals surface area contributed by atoms with Crippen molar-refractivity contribution in [1.82, 2.24) is 4.90 Å². The Morgan fingerprint density at radius 3 is 2.65 bits per heavy atom. The van der Waals surface area contributed by atoms with Gasteiger partial charge in [-0.15, -0.1) is 0 Å². The predicted octanol–water partition coefficient (Wildman–Crippen LogP) is 1.95. The van der Waals surface area contributed by atoms with Crippen LogP contribution in [0.4, 0.5) is 4.79 Å². The van der Waals surface area contributed by atoms with Crippen molar-refractivity contribution in [3.63, 3.8) is 0 Å². The number of amides is 2. The zero-order valence-electron chi connectivity index (χ0n) is 10.3. The lowest BCUT2D eigenvalue weighted by atomic mass is 9.80. The molecule has 1 heterocycles. The average molecular weight is 235 g/mol. The third kappa shape index (κ3) is 1.43. The second-order valence-corrected chi connectivity index (χ2v) is 6.15. The van der Waals surface area contributed by atoms with Crippen molar-refractivity contribution in [3.8, 4) is 0 Å². The van der Waals surface area contributed by atoms with Gasteiger partial charge in [-0.2, -0.15) is 0 Å². The molecule has 3 aliphatic rings. The van der Waals surface area contributed by atoms with Crippen LogP contribution in [0.15, 0.2) is 12.2 Å². The summed E-state index contributed by atoms with van der Waals surface area (Å²) < 4.78 is 5.27. The summed E-state index contributed by atoms with van der Waals surface area (Å²) in [5.74, 6) is 0.699. The topological polar surface area (TPSA) is 46.6 Å². The van der Waals surface area contributed by atoms with E-state index in [0.717, 1.165) is 6.42 Å². The van der Waals surface area contributed by atoms with E-state index in [-0.39, 0.29) is 17.9 Å². The predicted molar refractivity (Wildman–Crippen MR) is 61.1 cm³/mol. The first kappa shape index (κ1) is 10.8. The Morgan fingerprint density at radius 1 is 1.35 bits per heavy atom. The minimum Gasteiger partial charge on any atom is -0.443 e. The van der Waals surface area contributed by atoms with Crippen LogP contribution < -0.4 is 0 Å². The van der Waals surface area contributed by atoms with Crippen LogP contribution in [0.5, 0.6) is 0 Å². The molecule has 0 aromatic carbocycles. The maximum absolute atomic E-state index is 12.0. The first-order valence-corrected chi connectivity index (χ1v) is 6.13. The number of ether oxygens (including phenoxy) is 1. The molecule has 2 amide bonds. The van der Waals surface area contributed by atoms with Gasteiger partial charge in [0.15, 0.2) is 0 Å². The lowest BCUT2D eigenvalue weighted by Gasteiger charge is -2.46. The van der Waals surface area contributed by atoms with Gasteiger partial charge in [-0.25, -0.2) is 9.69 Å². The van der Waals surface area contributed by atoms with Crippen LogP contribution in [-0.2, 0) is 9.53 Å². The zero-order chi connectivity index (χ0) is 12.4. The second kappa shape index (κ2) is 3.12. The lowest BCUT2D eigenvalue weighted by molar-refractivity contribution is -0.154. The van der Waals surface area contributed by atoms with Crippen LogP contribution in [0.25, 0.3) is 0 Å². The summed E-state index contributed by atoms with van der Waals surface area (Å²) in [6.45, 7) is 5.44. The fourth-order valence-electron chi connectivity index (χ4n) is 3.23. The van der Waals surface area contributed by atoms with Gasteiger partial charge in [0, 0.05) is 0 Å². The van der Waals surface area contributed by atoms with Crippen molar-refractivity contribution in [2.75, 3.05) is 0 Å². The molecule has 0 unspecified atom stereocenters. The molecule has 17 heavy (non-hydrogen) atoms. The molecule has 4 nitrogen and oxygen atoms in total. The van der Waals surface area contributed by atoms with Crippen molar-refractivity contribution in [3.05, 3.63) is 12.2 Å². The van der Waals surface area contributed by atoms with Crippen LogP contribution in [-0.4, -0.2) is 28.5 Å². The first-order chi connectivity index (χ1) is 7.88. The standard InChI is InChI=1S/C13H17NO3/c1-13(2,3)17-12(16)14-10-8-5-4-7(6-8)9(10)11(14)15/h4-5,7-10H,6H2,1-3H3/t7-,8+,9-,10-/m1/s1. The molecule has 0 spiro atoms. The minimum atomic E-state index is -0.546. The zero-order valence-corrected chi connectivity index (χ0v) is 10.3. The van der Waals surface area contributed by atoms with Crippen molar-refractivity contribution < 1.29 is 14.3 Å². The smallest absolute Gasteiger partial charge is 0.417 e. The maximum atomic E-state index is 12.0. The molecule has 4 atom stereocenters. The van der Waals surface area contributed by atoms with Crippen molar-refractivity contribution in [2.45, 2.75) is 38.8 Å². The van der Waals surface area contributed by atoms with Gasteiger partial charge < -0.3 is 4.74 Å². The highest BCUT2D eigenvalue weighted by atomic mass is 16.6. The van der Waals surface area contributed by atoms with Gasteiger partial charge in [0.05, 0.1) is 12.0 Å². The van der Waals surface area contributed by atoms with E-state index in [1.165, 1.54) is 4.90 Å². The molecule has 2 fully saturated rings. The van der Waals surface area contributed by atoms with Gasteiger partial charge in [0.2, 0.25) is 5.91 Å². The van der Waals surface area contributed by atoms with Gasteiger partial charge in [-0.1, -0.05) is 12.2 Å². The molecular weight excluding hydrogens is 218 g/mol. The van der Waals surface area contributed by atoms with E-state index in [2.05, 4.69) is 12.2 Å². The molecule has 92 valence electrons. The van der Waals surface area contributed by atoms with Gasteiger partial charge in [0.1, 0.15) is 5.60 Å². The number of hydrogen-bond acceptors (Lipinski definition) is 3. The fraction of sp³-hybridized carbons (Fsp3) is 0.692. The number of fused-ring (bicyclic) bond motifs is 5. The Bertz CT molecular complexity index is 421. The summed E-state index contributed by atoms with van der Waals surface area (Å²) >= 11 is 0. The van der Waals surface area contributed by atoms with E-state index in [4.69, 9.17) is 4.74 Å². The Balaban J connectivity index is 1.76. The quantitative estimate of drug-likeness (QED) is 0.476. The molecule has 1 saturated carbocycles. The fourth-order valence-corrected chi connectivity index (χ4v) is 3.23. The number of β-lactam (4-membered cyclic amide) rings is 1. The molecule has 2 bridgehead atoms. The van der Waals surface area contributed by atoms with Gasteiger partial charge in [-0.05, 0) is 39.0 Å². The normalized spacial score (nSPS) is 38.1. The number of carbonyl (C=O) groups is 2. The van der Waals surface area contributed by atoms with E-state index in [9.17, 15) is 9.59 Å². The highest BCUT2D eigenvalue weighted by Crippen LogP contribution is 2.52. The van der Waals surface area contributed by atoms with Crippen molar-refractivity contribution in [2.24, 2.45) is 17.8 Å². The Labute approximate surface area is 101 Å². The molecule has 0 N–H and O–H groups in total. The third-order valence-electron chi connectivity index (χ3n) is 3.83. The summed E-state index contributed by atoms with van der Waals surface area (Å²) in [7, 11) is 0. The van der Waals surface area contributed by atoms with Crippen molar-refractivity contribution >= 4 is 12.0 Å². The second-order valence-electron chi connectivity index (χ2n) is 6.15. The van der Waals surface area contributed by atoms with Crippen LogP contribution in [0.1, 0.15) is 27.2 Å². The molecule has 3 rings (SSSR count). The van der Waals surface area contributed by atoms with E-state index in [0.29, 0.717) is 11.8 Å². The van der Waals surface area contributed by atoms with Gasteiger partial charge in [0.25, 0.3) is 0 Å².